The third kappa shape index (κ3) is 5.22. The molecule has 0 radical (unpaired) electrons. The van der Waals surface area contributed by atoms with Crippen molar-refractivity contribution >= 4 is 10.0 Å². The normalized spacial score (nSPS) is 15.1. The molecule has 0 saturated heterocycles. The van der Waals surface area contributed by atoms with Gasteiger partial charge in [0.05, 0.1) is 11.0 Å². The van der Waals surface area contributed by atoms with Gasteiger partial charge in [0.15, 0.2) is 0 Å². The average molecular weight is 375 g/mol. The van der Waals surface area contributed by atoms with E-state index in [0.29, 0.717) is 0 Å². The summed E-state index contributed by atoms with van der Waals surface area (Å²) in [5.74, 6) is 1.45. The Morgan fingerprint density at radius 3 is 2.46 bits per heavy atom. The second-order valence-electron chi connectivity index (χ2n) is 6.56. The zero-order chi connectivity index (χ0) is 18.4. The minimum atomic E-state index is -3.55. The van der Waals surface area contributed by atoms with Crippen LogP contribution in [0.1, 0.15) is 31.2 Å². The summed E-state index contributed by atoms with van der Waals surface area (Å²) in [6.45, 7) is 2.46. The van der Waals surface area contributed by atoms with Gasteiger partial charge in [-0.3, -0.25) is 0 Å². The lowest BCUT2D eigenvalue weighted by Crippen LogP contribution is -2.28. The van der Waals surface area contributed by atoms with Crippen molar-refractivity contribution in [3.63, 3.8) is 0 Å². The number of rotatable bonds is 8. The molecule has 1 N–H and O–H groups in total. The van der Waals surface area contributed by atoms with E-state index >= 15 is 0 Å². The Morgan fingerprint density at radius 1 is 1.04 bits per heavy atom. The van der Waals surface area contributed by atoms with Crippen molar-refractivity contribution in [2.24, 2.45) is 0 Å². The molecule has 0 amide bonds. The molecule has 1 saturated carbocycles. The van der Waals surface area contributed by atoms with Crippen LogP contribution in [0.15, 0.2) is 53.4 Å². The van der Waals surface area contributed by atoms with Crippen molar-refractivity contribution in [3.05, 3.63) is 54.1 Å². The minimum absolute atomic E-state index is 0.205. The predicted molar refractivity (Wildman–Crippen MR) is 101 cm³/mol. The number of nitrogens with one attached hydrogen (secondary N) is 1. The molecule has 0 atom stereocenters. The number of sulfonamides is 1. The summed E-state index contributed by atoms with van der Waals surface area (Å²) in [5, 5.41) is 0. The summed E-state index contributed by atoms with van der Waals surface area (Å²) in [5.41, 5.74) is 1.10. The highest BCUT2D eigenvalue weighted by Crippen LogP contribution is 2.24. The first-order valence-electron chi connectivity index (χ1n) is 8.99. The fourth-order valence-electron chi connectivity index (χ4n) is 3.03. The third-order valence-electron chi connectivity index (χ3n) is 4.39. The molecule has 1 fully saturated rings. The molecule has 0 heterocycles. The number of ether oxygens (including phenoxy) is 2. The van der Waals surface area contributed by atoms with E-state index < -0.39 is 10.0 Å². The standard InChI is InChI=1S/C20H25NO4S/c1-16-5-4-8-19(15-16)24-14-13-21-26(22,23)20-11-9-18(10-12-20)25-17-6-2-3-7-17/h4-5,8-12,15,17,21H,2-3,6-7,13-14H2,1H3. The van der Waals surface area contributed by atoms with Crippen LogP contribution in [0.3, 0.4) is 0 Å². The fraction of sp³-hybridized carbons (Fsp3) is 0.400. The third-order valence-corrected chi connectivity index (χ3v) is 5.87. The van der Waals surface area contributed by atoms with Gasteiger partial charge >= 0.3 is 0 Å². The molecular formula is C20H25NO4S. The van der Waals surface area contributed by atoms with Gasteiger partial charge in [-0.25, -0.2) is 13.1 Å². The number of aryl methyl sites for hydroxylation is 1. The highest BCUT2D eigenvalue weighted by atomic mass is 32.2. The molecule has 0 aromatic heterocycles. The molecule has 0 bridgehead atoms. The maximum Gasteiger partial charge on any atom is 0.240 e. The van der Waals surface area contributed by atoms with Crippen molar-refractivity contribution < 1.29 is 17.9 Å². The lowest BCUT2D eigenvalue weighted by atomic mass is 10.2. The lowest BCUT2D eigenvalue weighted by Gasteiger charge is -2.13. The van der Waals surface area contributed by atoms with E-state index in [0.717, 1.165) is 29.9 Å². The Labute approximate surface area is 155 Å². The van der Waals surface area contributed by atoms with Crippen LogP contribution in [-0.4, -0.2) is 27.7 Å². The first kappa shape index (κ1) is 18.7. The van der Waals surface area contributed by atoms with Gasteiger partial charge < -0.3 is 9.47 Å². The SMILES string of the molecule is Cc1cccc(OCCNS(=O)(=O)c2ccc(OC3CCCC3)cc2)c1. The Bertz CT molecular complexity index is 812. The number of hydrogen-bond acceptors (Lipinski definition) is 4. The van der Waals surface area contributed by atoms with E-state index in [1.54, 1.807) is 24.3 Å². The van der Waals surface area contributed by atoms with Crippen molar-refractivity contribution in [2.45, 2.75) is 43.6 Å². The zero-order valence-corrected chi connectivity index (χ0v) is 15.8. The largest absolute Gasteiger partial charge is 0.492 e. The van der Waals surface area contributed by atoms with Crippen LogP contribution in [0.4, 0.5) is 0 Å². The smallest absolute Gasteiger partial charge is 0.240 e. The summed E-state index contributed by atoms with van der Waals surface area (Å²) in [4.78, 5) is 0.229. The Kier molecular flexibility index (Phi) is 6.16. The molecule has 2 aromatic carbocycles. The lowest BCUT2D eigenvalue weighted by molar-refractivity contribution is 0.210. The van der Waals surface area contributed by atoms with Gasteiger partial charge in [0.25, 0.3) is 0 Å². The van der Waals surface area contributed by atoms with E-state index in [1.165, 1.54) is 12.8 Å². The topological polar surface area (TPSA) is 64.6 Å². The number of benzene rings is 2. The van der Waals surface area contributed by atoms with E-state index in [9.17, 15) is 8.42 Å². The van der Waals surface area contributed by atoms with Crippen LogP contribution in [0.5, 0.6) is 11.5 Å². The Balaban J connectivity index is 1.49. The van der Waals surface area contributed by atoms with Crippen LogP contribution in [0.25, 0.3) is 0 Å². The van der Waals surface area contributed by atoms with Gasteiger partial charge in [-0.2, -0.15) is 0 Å². The van der Waals surface area contributed by atoms with Crippen molar-refractivity contribution in [1.29, 1.82) is 0 Å². The van der Waals surface area contributed by atoms with Crippen LogP contribution < -0.4 is 14.2 Å². The highest BCUT2D eigenvalue weighted by molar-refractivity contribution is 7.89. The van der Waals surface area contributed by atoms with E-state index in [1.807, 2.05) is 31.2 Å². The summed E-state index contributed by atoms with van der Waals surface area (Å²) < 4.78 is 38.7. The molecule has 140 valence electrons. The van der Waals surface area contributed by atoms with Crippen LogP contribution in [0.2, 0.25) is 0 Å². The molecule has 0 aliphatic heterocycles. The van der Waals surface area contributed by atoms with Crippen LogP contribution >= 0.6 is 0 Å². The summed E-state index contributed by atoms with van der Waals surface area (Å²) in [6.07, 6.45) is 4.80. The van der Waals surface area contributed by atoms with Gasteiger partial charge in [-0.05, 0) is 74.6 Å². The van der Waals surface area contributed by atoms with Crippen LogP contribution in [-0.2, 0) is 10.0 Å². The molecule has 26 heavy (non-hydrogen) atoms. The van der Waals surface area contributed by atoms with Crippen molar-refractivity contribution in [3.8, 4) is 11.5 Å². The quantitative estimate of drug-likeness (QED) is 0.715. The second-order valence-corrected chi connectivity index (χ2v) is 8.33. The molecule has 6 heteroatoms. The molecule has 2 aromatic rings. The molecule has 1 aliphatic carbocycles. The van der Waals surface area contributed by atoms with Gasteiger partial charge in [0.1, 0.15) is 18.1 Å². The van der Waals surface area contributed by atoms with E-state index in [2.05, 4.69) is 4.72 Å². The Morgan fingerprint density at radius 2 is 1.77 bits per heavy atom. The first-order valence-corrected chi connectivity index (χ1v) is 10.5. The minimum Gasteiger partial charge on any atom is -0.492 e. The van der Waals surface area contributed by atoms with Gasteiger partial charge in [0.2, 0.25) is 10.0 Å². The molecule has 0 spiro atoms. The maximum atomic E-state index is 12.3. The molecule has 1 aliphatic rings. The fourth-order valence-corrected chi connectivity index (χ4v) is 4.04. The van der Waals surface area contributed by atoms with E-state index in [4.69, 9.17) is 9.47 Å². The average Bonchev–Trinajstić information content (AvgIpc) is 3.12. The number of hydrogen-bond donors (Lipinski definition) is 1. The molecular weight excluding hydrogens is 350 g/mol. The predicted octanol–water partition coefficient (Wildman–Crippen LogP) is 3.67. The van der Waals surface area contributed by atoms with Gasteiger partial charge in [-0.15, -0.1) is 0 Å². The van der Waals surface area contributed by atoms with Crippen LogP contribution in [0, 0.1) is 6.92 Å². The summed E-state index contributed by atoms with van der Waals surface area (Å²) >= 11 is 0. The maximum absolute atomic E-state index is 12.3. The zero-order valence-electron chi connectivity index (χ0n) is 15.0. The first-order chi connectivity index (χ1) is 12.5. The second kappa shape index (κ2) is 8.56. The Hall–Kier alpha value is -2.05. The van der Waals surface area contributed by atoms with Crippen molar-refractivity contribution in [1.82, 2.24) is 4.72 Å². The van der Waals surface area contributed by atoms with Gasteiger partial charge in [0, 0.05) is 6.54 Å². The summed E-state index contributed by atoms with van der Waals surface area (Å²) in [6, 6.07) is 14.2. The molecule has 0 unspecified atom stereocenters. The molecule has 3 rings (SSSR count). The summed E-state index contributed by atoms with van der Waals surface area (Å²) in [7, 11) is -3.55. The highest BCUT2D eigenvalue weighted by Gasteiger charge is 2.17. The van der Waals surface area contributed by atoms with E-state index in [-0.39, 0.29) is 24.2 Å². The monoisotopic (exact) mass is 375 g/mol. The van der Waals surface area contributed by atoms with Gasteiger partial charge in [-0.1, -0.05) is 12.1 Å². The van der Waals surface area contributed by atoms with Crippen molar-refractivity contribution in [2.75, 3.05) is 13.2 Å². The molecule has 5 nitrogen and oxygen atoms in total.